The minimum Gasteiger partial charge on any atom is -0.462 e. The molecule has 0 fully saturated rings. The van der Waals surface area contributed by atoms with Crippen molar-refractivity contribution in [3.63, 3.8) is 0 Å². The molecular formula is C45H79O8P. The largest absolute Gasteiger partial charge is 0.469 e. The van der Waals surface area contributed by atoms with E-state index in [0.717, 1.165) is 70.6 Å². The topological polar surface area (TPSA) is 119 Å². The van der Waals surface area contributed by atoms with Crippen LogP contribution in [-0.4, -0.2) is 41.0 Å². The Morgan fingerprint density at radius 1 is 0.481 bits per heavy atom. The van der Waals surface area contributed by atoms with Crippen LogP contribution in [-0.2, 0) is 28.2 Å². The van der Waals surface area contributed by atoms with Crippen molar-refractivity contribution in [2.45, 2.75) is 200 Å². The van der Waals surface area contributed by atoms with Crippen LogP contribution in [0.4, 0.5) is 0 Å². The Morgan fingerprint density at radius 2 is 0.833 bits per heavy atom. The third kappa shape index (κ3) is 42.5. The van der Waals surface area contributed by atoms with Crippen LogP contribution in [0.15, 0.2) is 60.8 Å². The van der Waals surface area contributed by atoms with Gasteiger partial charge in [-0.05, 0) is 83.5 Å². The molecule has 0 radical (unpaired) electrons. The van der Waals surface area contributed by atoms with Crippen molar-refractivity contribution in [3.8, 4) is 0 Å². The minimum atomic E-state index is -4.76. The number of carbonyl (C=O) groups excluding carboxylic acids is 2. The lowest BCUT2D eigenvalue weighted by atomic mass is 10.1. The van der Waals surface area contributed by atoms with Gasteiger partial charge in [-0.1, -0.05) is 158 Å². The zero-order valence-electron chi connectivity index (χ0n) is 34.4. The van der Waals surface area contributed by atoms with Gasteiger partial charge in [-0.3, -0.25) is 14.1 Å². The fourth-order valence-corrected chi connectivity index (χ4v) is 6.12. The van der Waals surface area contributed by atoms with E-state index in [1.165, 1.54) is 83.5 Å². The first-order chi connectivity index (χ1) is 26.3. The highest BCUT2D eigenvalue weighted by molar-refractivity contribution is 7.46. The SMILES string of the molecule is CCCCC/C=C\C/C=C\C/C=C\CCCCCCC(=O)O[C@H](COC(=O)CCCCCCCCCCC/C=C\C/C=C\CCCCC)COP(=O)(O)O. The molecule has 312 valence electrons. The molecule has 0 heterocycles. The Kier molecular flexibility index (Phi) is 38.7. The highest BCUT2D eigenvalue weighted by atomic mass is 31.2. The van der Waals surface area contributed by atoms with E-state index in [1.807, 2.05) is 0 Å². The highest BCUT2D eigenvalue weighted by Gasteiger charge is 2.22. The highest BCUT2D eigenvalue weighted by Crippen LogP contribution is 2.36. The van der Waals surface area contributed by atoms with Crippen LogP contribution >= 0.6 is 7.82 Å². The van der Waals surface area contributed by atoms with Gasteiger partial charge in [0, 0.05) is 12.8 Å². The zero-order chi connectivity index (χ0) is 39.6. The Balaban J connectivity index is 3.96. The zero-order valence-corrected chi connectivity index (χ0v) is 35.2. The van der Waals surface area contributed by atoms with Crippen LogP contribution in [0.1, 0.15) is 194 Å². The van der Waals surface area contributed by atoms with E-state index in [9.17, 15) is 14.2 Å². The number of hydrogen-bond donors (Lipinski definition) is 2. The maximum Gasteiger partial charge on any atom is 0.469 e. The monoisotopic (exact) mass is 779 g/mol. The fourth-order valence-electron chi connectivity index (χ4n) is 5.76. The quantitative estimate of drug-likeness (QED) is 0.0274. The summed E-state index contributed by atoms with van der Waals surface area (Å²) in [5.41, 5.74) is 0. The molecule has 8 nitrogen and oxygen atoms in total. The predicted molar refractivity (Wildman–Crippen MR) is 225 cm³/mol. The van der Waals surface area contributed by atoms with E-state index in [-0.39, 0.29) is 19.4 Å². The molecule has 54 heavy (non-hydrogen) atoms. The molecule has 0 aliphatic rings. The first-order valence-corrected chi connectivity index (χ1v) is 23.1. The van der Waals surface area contributed by atoms with Crippen LogP contribution in [0.3, 0.4) is 0 Å². The number of rotatable bonds is 39. The molecule has 0 bridgehead atoms. The number of phosphoric ester groups is 1. The van der Waals surface area contributed by atoms with Crippen LogP contribution in [0.5, 0.6) is 0 Å². The van der Waals surface area contributed by atoms with Gasteiger partial charge in [-0.25, -0.2) is 4.57 Å². The average Bonchev–Trinajstić information content (AvgIpc) is 3.14. The molecule has 0 aliphatic heterocycles. The second-order valence-corrected chi connectivity index (χ2v) is 15.5. The summed E-state index contributed by atoms with van der Waals surface area (Å²) < 4.78 is 26.4. The molecule has 0 aromatic heterocycles. The van der Waals surface area contributed by atoms with Crippen LogP contribution in [0, 0.1) is 0 Å². The van der Waals surface area contributed by atoms with Crippen LogP contribution < -0.4 is 0 Å². The van der Waals surface area contributed by atoms with Gasteiger partial charge in [-0.2, -0.15) is 0 Å². The Hall–Kier alpha value is -2.25. The summed E-state index contributed by atoms with van der Waals surface area (Å²) in [6, 6.07) is 0. The van der Waals surface area contributed by atoms with Gasteiger partial charge in [0.25, 0.3) is 0 Å². The van der Waals surface area contributed by atoms with Crippen molar-refractivity contribution in [1.82, 2.24) is 0 Å². The van der Waals surface area contributed by atoms with E-state index in [1.54, 1.807) is 0 Å². The van der Waals surface area contributed by atoms with E-state index in [4.69, 9.17) is 19.3 Å². The van der Waals surface area contributed by atoms with Crippen molar-refractivity contribution in [2.24, 2.45) is 0 Å². The molecule has 0 unspecified atom stereocenters. The lowest BCUT2D eigenvalue weighted by molar-refractivity contribution is -0.161. The summed E-state index contributed by atoms with van der Waals surface area (Å²) in [7, 11) is -4.76. The molecule has 0 aromatic carbocycles. The third-order valence-corrected chi connectivity index (χ3v) is 9.49. The standard InChI is InChI=1S/C45H79O8P/c1-3-5-7-9-11-13-15-17-19-21-22-24-25-27-29-31-33-35-37-39-44(46)51-41-43(42-52-54(48,49)50)53-45(47)40-38-36-34-32-30-28-26-23-20-18-16-14-12-10-8-6-4-2/h11-14,17-20,26,28,43H,3-10,15-16,21-25,27,29-42H2,1-2H3,(H2,48,49,50)/b13-11-,14-12-,19-17-,20-18-,28-26-/t43-/m1/s1. The Bertz CT molecular complexity index is 1060. The molecular weight excluding hydrogens is 699 g/mol. The molecule has 0 aliphatic carbocycles. The fraction of sp³-hybridized carbons (Fsp3) is 0.733. The van der Waals surface area contributed by atoms with Gasteiger partial charge < -0.3 is 19.3 Å². The summed E-state index contributed by atoms with van der Waals surface area (Å²) in [5, 5.41) is 0. The summed E-state index contributed by atoms with van der Waals surface area (Å²) >= 11 is 0. The smallest absolute Gasteiger partial charge is 0.462 e. The number of esters is 2. The van der Waals surface area contributed by atoms with Crippen molar-refractivity contribution < 1.29 is 37.9 Å². The molecule has 0 saturated carbocycles. The number of hydrogen-bond acceptors (Lipinski definition) is 6. The number of unbranched alkanes of at least 4 members (excludes halogenated alkanes) is 19. The van der Waals surface area contributed by atoms with Crippen molar-refractivity contribution in [1.29, 1.82) is 0 Å². The molecule has 0 saturated heterocycles. The molecule has 0 rings (SSSR count). The lowest BCUT2D eigenvalue weighted by Crippen LogP contribution is -2.29. The van der Waals surface area contributed by atoms with Crippen molar-refractivity contribution in [2.75, 3.05) is 13.2 Å². The molecule has 2 N–H and O–H groups in total. The van der Waals surface area contributed by atoms with Crippen LogP contribution in [0.2, 0.25) is 0 Å². The third-order valence-electron chi connectivity index (χ3n) is 9.01. The second kappa shape index (κ2) is 40.4. The van der Waals surface area contributed by atoms with E-state index in [2.05, 4.69) is 79.1 Å². The number of ether oxygens (including phenoxy) is 2. The lowest BCUT2D eigenvalue weighted by Gasteiger charge is -2.18. The first-order valence-electron chi connectivity index (χ1n) is 21.6. The molecule has 0 spiro atoms. The number of carbonyl (C=O) groups is 2. The Labute approximate surface area is 330 Å². The summed E-state index contributed by atoms with van der Waals surface area (Å²) in [5.74, 6) is -0.916. The first kappa shape index (κ1) is 51.8. The van der Waals surface area contributed by atoms with Crippen molar-refractivity contribution >= 4 is 19.8 Å². The van der Waals surface area contributed by atoms with Crippen LogP contribution in [0.25, 0.3) is 0 Å². The van der Waals surface area contributed by atoms with E-state index >= 15 is 0 Å². The van der Waals surface area contributed by atoms with Crippen molar-refractivity contribution in [3.05, 3.63) is 60.8 Å². The number of phosphoric acid groups is 1. The summed E-state index contributed by atoms with van der Waals surface area (Å²) in [6.07, 6.45) is 50.8. The summed E-state index contributed by atoms with van der Waals surface area (Å²) in [4.78, 5) is 42.9. The summed E-state index contributed by atoms with van der Waals surface area (Å²) in [6.45, 7) is 3.61. The van der Waals surface area contributed by atoms with Gasteiger partial charge in [0.15, 0.2) is 6.10 Å². The van der Waals surface area contributed by atoms with Gasteiger partial charge in [0.1, 0.15) is 6.61 Å². The van der Waals surface area contributed by atoms with Gasteiger partial charge in [0.05, 0.1) is 6.61 Å². The predicted octanol–water partition coefficient (Wildman–Crippen LogP) is 13.3. The minimum absolute atomic E-state index is 0.183. The van der Waals surface area contributed by atoms with Gasteiger partial charge in [-0.15, -0.1) is 0 Å². The second-order valence-electron chi connectivity index (χ2n) is 14.3. The molecule has 0 amide bonds. The van der Waals surface area contributed by atoms with Gasteiger partial charge >= 0.3 is 19.8 Å². The molecule has 0 aromatic rings. The maximum atomic E-state index is 12.4. The maximum absolute atomic E-state index is 12.4. The normalized spacial score (nSPS) is 13.0. The Morgan fingerprint density at radius 3 is 1.24 bits per heavy atom. The molecule has 9 heteroatoms. The average molecular weight is 779 g/mol. The van der Waals surface area contributed by atoms with Gasteiger partial charge in [0.2, 0.25) is 0 Å². The van der Waals surface area contributed by atoms with E-state index < -0.39 is 32.5 Å². The number of allylic oxidation sites excluding steroid dienone is 10. The van der Waals surface area contributed by atoms with E-state index in [0.29, 0.717) is 12.8 Å². The molecule has 1 atom stereocenters.